The van der Waals surface area contributed by atoms with E-state index in [0.717, 1.165) is 22.5 Å². The standard InChI is InChI=1S/C20H17ClN4O.C2H6/c1-14-2-9-18(10-3-14)25-12-16(6-11-19(26)23-13-22)20(24-25)15-4-7-17(21)8-5-15;1-2/h2-5,7-10,12H,6,11H2,1H3,(H,23,26);1-2H3. The van der Waals surface area contributed by atoms with Crippen molar-refractivity contribution in [2.24, 2.45) is 0 Å². The number of benzene rings is 2. The van der Waals surface area contributed by atoms with Crippen molar-refractivity contribution in [3.8, 4) is 23.1 Å². The van der Waals surface area contributed by atoms with E-state index in [-0.39, 0.29) is 12.3 Å². The van der Waals surface area contributed by atoms with Gasteiger partial charge >= 0.3 is 0 Å². The van der Waals surface area contributed by atoms with Crippen molar-refractivity contribution in [1.29, 1.82) is 5.26 Å². The third-order valence-corrected chi connectivity index (χ3v) is 4.27. The molecule has 6 heteroatoms. The van der Waals surface area contributed by atoms with Crippen LogP contribution in [0.4, 0.5) is 0 Å². The molecule has 0 aliphatic rings. The van der Waals surface area contributed by atoms with Crippen molar-refractivity contribution in [3.05, 3.63) is 70.9 Å². The van der Waals surface area contributed by atoms with Gasteiger partial charge in [0.25, 0.3) is 0 Å². The topological polar surface area (TPSA) is 70.7 Å². The van der Waals surface area contributed by atoms with Crippen LogP contribution in [0.1, 0.15) is 31.4 Å². The molecule has 1 amide bonds. The Kier molecular flexibility index (Phi) is 7.79. The first-order valence-electron chi connectivity index (χ1n) is 9.16. The summed E-state index contributed by atoms with van der Waals surface area (Å²) in [7, 11) is 0. The molecule has 0 saturated heterocycles. The van der Waals surface area contributed by atoms with Gasteiger partial charge < -0.3 is 0 Å². The van der Waals surface area contributed by atoms with Gasteiger partial charge in [-0.05, 0) is 43.2 Å². The molecule has 2 aromatic carbocycles. The summed E-state index contributed by atoms with van der Waals surface area (Å²) < 4.78 is 1.81. The number of nitrogens with zero attached hydrogens (tertiary/aromatic N) is 3. The van der Waals surface area contributed by atoms with E-state index in [2.05, 4.69) is 5.32 Å². The highest BCUT2D eigenvalue weighted by Gasteiger charge is 2.14. The minimum absolute atomic E-state index is 0.216. The lowest BCUT2D eigenvalue weighted by Gasteiger charge is -2.02. The predicted molar refractivity (Wildman–Crippen MR) is 112 cm³/mol. The summed E-state index contributed by atoms with van der Waals surface area (Å²) >= 11 is 5.98. The van der Waals surface area contributed by atoms with Crippen LogP contribution in [-0.4, -0.2) is 15.7 Å². The molecule has 0 aliphatic carbocycles. The van der Waals surface area contributed by atoms with Crippen molar-refractivity contribution in [1.82, 2.24) is 15.1 Å². The molecular formula is C22H23ClN4O. The van der Waals surface area contributed by atoms with E-state index in [9.17, 15) is 4.79 Å². The van der Waals surface area contributed by atoms with Gasteiger partial charge in [-0.2, -0.15) is 10.4 Å². The van der Waals surface area contributed by atoms with E-state index < -0.39 is 0 Å². The van der Waals surface area contributed by atoms with Gasteiger partial charge in [-0.15, -0.1) is 0 Å². The summed E-state index contributed by atoms with van der Waals surface area (Å²) in [6.45, 7) is 6.03. The number of aryl methyl sites for hydroxylation is 2. The van der Waals surface area contributed by atoms with Gasteiger partial charge in [0.05, 0.1) is 11.4 Å². The van der Waals surface area contributed by atoms with Crippen LogP contribution in [0.15, 0.2) is 54.7 Å². The average molecular weight is 395 g/mol. The molecule has 3 rings (SSSR count). The van der Waals surface area contributed by atoms with Crippen molar-refractivity contribution in [2.75, 3.05) is 0 Å². The lowest BCUT2D eigenvalue weighted by Crippen LogP contribution is -2.17. The van der Waals surface area contributed by atoms with Crippen LogP contribution in [-0.2, 0) is 11.2 Å². The Bertz CT molecular complexity index is 954. The van der Waals surface area contributed by atoms with Crippen molar-refractivity contribution in [3.63, 3.8) is 0 Å². The molecule has 0 aliphatic heterocycles. The summed E-state index contributed by atoms with van der Waals surface area (Å²) in [5.41, 5.74) is 4.77. The van der Waals surface area contributed by atoms with Gasteiger partial charge in [0, 0.05) is 23.2 Å². The lowest BCUT2D eigenvalue weighted by molar-refractivity contribution is -0.119. The Morgan fingerprint density at radius 1 is 1.14 bits per heavy atom. The third-order valence-electron chi connectivity index (χ3n) is 4.02. The van der Waals surface area contributed by atoms with Crippen LogP contribution in [0.3, 0.4) is 0 Å². The molecule has 1 aromatic heterocycles. The zero-order valence-electron chi connectivity index (χ0n) is 16.2. The molecule has 0 fully saturated rings. The average Bonchev–Trinajstić information content (AvgIpc) is 3.13. The molecule has 28 heavy (non-hydrogen) atoms. The molecular weight excluding hydrogens is 372 g/mol. The summed E-state index contributed by atoms with van der Waals surface area (Å²) in [4.78, 5) is 11.6. The fourth-order valence-corrected chi connectivity index (χ4v) is 2.77. The minimum Gasteiger partial charge on any atom is -0.274 e. The zero-order chi connectivity index (χ0) is 20.5. The molecule has 0 spiro atoms. The molecule has 1 heterocycles. The SMILES string of the molecule is CC.Cc1ccc(-n2cc(CCC(=O)NC#N)c(-c3ccc(Cl)cc3)n2)cc1. The van der Waals surface area contributed by atoms with Crippen LogP contribution in [0, 0.1) is 18.4 Å². The molecule has 144 valence electrons. The maximum Gasteiger partial charge on any atom is 0.233 e. The predicted octanol–water partition coefficient (Wildman–Crippen LogP) is 5.06. The number of nitrogens with one attached hydrogen (secondary N) is 1. The summed E-state index contributed by atoms with van der Waals surface area (Å²) in [6, 6.07) is 15.5. The number of rotatable bonds is 5. The van der Waals surface area contributed by atoms with Crippen molar-refractivity contribution in [2.45, 2.75) is 33.6 Å². The Morgan fingerprint density at radius 3 is 2.39 bits per heavy atom. The van der Waals surface area contributed by atoms with E-state index in [1.165, 1.54) is 5.56 Å². The number of carbonyl (C=O) groups is 1. The Hall–Kier alpha value is -3.10. The molecule has 0 saturated carbocycles. The third kappa shape index (κ3) is 5.45. The molecule has 3 aromatic rings. The van der Waals surface area contributed by atoms with Gasteiger partial charge in [-0.1, -0.05) is 55.3 Å². The first-order valence-corrected chi connectivity index (χ1v) is 9.54. The molecule has 0 unspecified atom stereocenters. The number of nitriles is 1. The number of carbonyl (C=O) groups excluding carboxylic acids is 1. The van der Waals surface area contributed by atoms with Gasteiger partial charge in [-0.3, -0.25) is 10.1 Å². The first kappa shape index (κ1) is 21.2. The monoisotopic (exact) mass is 394 g/mol. The van der Waals surface area contributed by atoms with Crippen molar-refractivity contribution >= 4 is 17.5 Å². The quantitative estimate of drug-likeness (QED) is 0.485. The minimum atomic E-state index is -0.308. The van der Waals surface area contributed by atoms with Crippen molar-refractivity contribution < 1.29 is 4.79 Å². The second-order valence-corrected chi connectivity index (χ2v) is 6.39. The highest BCUT2D eigenvalue weighted by atomic mass is 35.5. The van der Waals surface area contributed by atoms with Gasteiger partial charge in [-0.25, -0.2) is 4.68 Å². The molecule has 0 bridgehead atoms. The highest BCUT2D eigenvalue weighted by molar-refractivity contribution is 6.30. The number of amides is 1. The number of aromatic nitrogens is 2. The molecule has 1 N–H and O–H groups in total. The van der Waals surface area contributed by atoms with E-state index in [1.807, 2.05) is 75.5 Å². The van der Waals surface area contributed by atoms with E-state index in [0.29, 0.717) is 11.4 Å². The summed E-state index contributed by atoms with van der Waals surface area (Å²) in [5, 5.41) is 16.1. The Balaban J connectivity index is 0.00000136. The normalized spacial score (nSPS) is 9.82. The summed E-state index contributed by atoms with van der Waals surface area (Å²) in [5.74, 6) is -0.308. The fraction of sp³-hybridized carbons (Fsp3) is 0.227. The van der Waals surface area contributed by atoms with Crippen LogP contribution < -0.4 is 5.32 Å². The second-order valence-electron chi connectivity index (χ2n) is 5.95. The van der Waals surface area contributed by atoms with Crippen LogP contribution in [0.2, 0.25) is 5.02 Å². The van der Waals surface area contributed by atoms with Crippen LogP contribution in [0.5, 0.6) is 0 Å². The van der Waals surface area contributed by atoms with Crippen LogP contribution in [0.25, 0.3) is 16.9 Å². The molecule has 0 radical (unpaired) electrons. The maximum atomic E-state index is 11.6. The van der Waals surface area contributed by atoms with Gasteiger partial charge in [0.1, 0.15) is 0 Å². The maximum absolute atomic E-state index is 11.6. The van der Waals surface area contributed by atoms with Gasteiger partial charge in [0.2, 0.25) is 5.91 Å². The summed E-state index contributed by atoms with van der Waals surface area (Å²) in [6.07, 6.45) is 4.28. The van der Waals surface area contributed by atoms with E-state index in [1.54, 1.807) is 10.9 Å². The number of hydrogen-bond donors (Lipinski definition) is 1. The number of hydrogen-bond acceptors (Lipinski definition) is 3. The zero-order valence-corrected chi connectivity index (χ0v) is 17.0. The van der Waals surface area contributed by atoms with Crippen LogP contribution >= 0.6 is 11.6 Å². The smallest absolute Gasteiger partial charge is 0.233 e. The van der Waals surface area contributed by atoms with E-state index >= 15 is 0 Å². The Morgan fingerprint density at radius 2 is 1.79 bits per heavy atom. The molecule has 5 nitrogen and oxygen atoms in total. The largest absolute Gasteiger partial charge is 0.274 e. The van der Waals surface area contributed by atoms with E-state index in [4.69, 9.17) is 22.0 Å². The lowest BCUT2D eigenvalue weighted by atomic mass is 10.0. The van der Waals surface area contributed by atoms with Gasteiger partial charge in [0.15, 0.2) is 6.19 Å². The first-order chi connectivity index (χ1) is 13.6. The molecule has 0 atom stereocenters. The Labute approximate surface area is 170 Å². The fourth-order valence-electron chi connectivity index (χ4n) is 2.65. The second kappa shape index (κ2) is 10.3. The number of halogens is 1. The highest BCUT2D eigenvalue weighted by Crippen LogP contribution is 2.26.